The van der Waals surface area contributed by atoms with E-state index in [1.54, 1.807) is 29.7 Å². The van der Waals surface area contributed by atoms with Crippen molar-refractivity contribution in [3.63, 3.8) is 0 Å². The average Bonchev–Trinajstić information content (AvgIpc) is 2.94. The van der Waals surface area contributed by atoms with E-state index in [9.17, 15) is 18.0 Å². The van der Waals surface area contributed by atoms with Gasteiger partial charge in [-0.25, -0.2) is 8.42 Å². The van der Waals surface area contributed by atoms with Crippen LogP contribution in [0.4, 0.5) is 5.69 Å². The summed E-state index contributed by atoms with van der Waals surface area (Å²) in [6, 6.07) is 6.19. The lowest BCUT2D eigenvalue weighted by Gasteiger charge is -2.16. The summed E-state index contributed by atoms with van der Waals surface area (Å²) in [5.41, 5.74) is 0.634. The molecule has 1 fully saturated rings. The molecule has 0 bridgehead atoms. The van der Waals surface area contributed by atoms with Crippen LogP contribution in [0.25, 0.3) is 0 Å². The molecule has 0 unspecified atom stereocenters. The highest BCUT2D eigenvalue weighted by Gasteiger charge is 2.29. The van der Waals surface area contributed by atoms with Gasteiger partial charge < -0.3 is 15.4 Å². The Bertz CT molecular complexity index is 820. The third-order valence-corrected chi connectivity index (χ3v) is 6.41. The number of rotatable bonds is 4. The maximum absolute atomic E-state index is 12.5. The van der Waals surface area contributed by atoms with Crippen LogP contribution in [-0.2, 0) is 19.4 Å². The van der Waals surface area contributed by atoms with Crippen LogP contribution in [0, 0.1) is 0 Å². The average molecular weight is 382 g/mol. The number of sulfone groups is 1. The number of thioether (sulfide) groups is 1. The van der Waals surface area contributed by atoms with Crippen LogP contribution in [-0.4, -0.2) is 50.1 Å². The lowest BCUT2D eigenvalue weighted by Crippen LogP contribution is -2.36. The third kappa shape index (κ3) is 4.55. The lowest BCUT2D eigenvalue weighted by atomic mass is 10.1. The van der Waals surface area contributed by atoms with Gasteiger partial charge in [0.15, 0.2) is 15.6 Å². The van der Waals surface area contributed by atoms with E-state index in [2.05, 4.69) is 10.6 Å². The van der Waals surface area contributed by atoms with E-state index in [0.717, 1.165) is 5.75 Å². The topological polar surface area (TPSA) is 102 Å². The summed E-state index contributed by atoms with van der Waals surface area (Å²) in [7, 11) is -3.08. The maximum atomic E-state index is 12.5. The number of nitrogens with one attached hydrogen (secondary N) is 2. The van der Waals surface area contributed by atoms with E-state index >= 15 is 0 Å². The first kappa shape index (κ1) is 17.8. The van der Waals surface area contributed by atoms with Crippen LogP contribution in [0.5, 0.6) is 0 Å². The van der Waals surface area contributed by atoms with Gasteiger partial charge in [0.1, 0.15) is 0 Å². The summed E-state index contributed by atoms with van der Waals surface area (Å²) in [6.07, 6.45) is 0.403. The predicted octanol–water partition coefficient (Wildman–Crippen LogP) is 1.15. The van der Waals surface area contributed by atoms with Crippen molar-refractivity contribution in [2.45, 2.75) is 12.5 Å². The standard InChI is InChI=1S/C16H18N2O5S2/c19-15(17-11-5-8-25(21,22)10-11)12-3-1-2-4-13(12)18-16(20)14-9-24-7-6-23-14/h1-4,9,11H,5-8,10H2,(H,17,19)(H,18,20)/t11-/m1/s1. The molecule has 3 rings (SSSR count). The van der Waals surface area contributed by atoms with Gasteiger partial charge in [0.2, 0.25) is 0 Å². The minimum Gasteiger partial charge on any atom is -0.487 e. The highest BCUT2D eigenvalue weighted by molar-refractivity contribution is 8.02. The van der Waals surface area contributed by atoms with E-state index in [0.29, 0.717) is 18.7 Å². The van der Waals surface area contributed by atoms with E-state index in [4.69, 9.17) is 4.74 Å². The van der Waals surface area contributed by atoms with Gasteiger partial charge in [0.25, 0.3) is 11.8 Å². The second kappa shape index (κ2) is 7.49. The highest BCUT2D eigenvalue weighted by atomic mass is 32.2. The molecule has 0 radical (unpaired) electrons. The number of ether oxygens (including phenoxy) is 1. The maximum Gasteiger partial charge on any atom is 0.291 e. The number of anilines is 1. The van der Waals surface area contributed by atoms with Crippen molar-refractivity contribution >= 4 is 39.1 Å². The molecule has 0 saturated carbocycles. The van der Waals surface area contributed by atoms with Crippen LogP contribution in [0.3, 0.4) is 0 Å². The number of hydrogen-bond donors (Lipinski definition) is 2. The number of carbonyl (C=O) groups excluding carboxylic acids is 2. The van der Waals surface area contributed by atoms with Crippen LogP contribution in [0.15, 0.2) is 35.4 Å². The molecule has 25 heavy (non-hydrogen) atoms. The van der Waals surface area contributed by atoms with Gasteiger partial charge in [-0.2, -0.15) is 0 Å². The smallest absolute Gasteiger partial charge is 0.291 e. The van der Waals surface area contributed by atoms with E-state index in [1.807, 2.05) is 0 Å². The molecule has 7 nitrogen and oxygen atoms in total. The molecular weight excluding hydrogens is 364 g/mol. The largest absolute Gasteiger partial charge is 0.487 e. The van der Waals surface area contributed by atoms with E-state index in [-0.39, 0.29) is 22.8 Å². The summed E-state index contributed by atoms with van der Waals surface area (Å²) in [5.74, 6) is 0.209. The summed E-state index contributed by atoms with van der Waals surface area (Å²) in [4.78, 5) is 24.7. The van der Waals surface area contributed by atoms with E-state index in [1.165, 1.54) is 11.8 Å². The molecule has 2 N–H and O–H groups in total. The Hall–Kier alpha value is -2.00. The Morgan fingerprint density at radius 3 is 2.68 bits per heavy atom. The first-order valence-electron chi connectivity index (χ1n) is 7.81. The Kier molecular flexibility index (Phi) is 5.33. The van der Waals surface area contributed by atoms with Gasteiger partial charge in [-0.15, -0.1) is 11.8 Å². The van der Waals surface area contributed by atoms with Crippen molar-refractivity contribution in [3.8, 4) is 0 Å². The first-order valence-corrected chi connectivity index (χ1v) is 10.7. The monoisotopic (exact) mass is 382 g/mol. The fourth-order valence-corrected chi connectivity index (χ4v) is 4.93. The summed E-state index contributed by atoms with van der Waals surface area (Å²) in [6.45, 7) is 0.461. The number of carbonyl (C=O) groups is 2. The number of hydrogen-bond acceptors (Lipinski definition) is 6. The van der Waals surface area contributed by atoms with Crippen molar-refractivity contribution in [2.75, 3.05) is 29.2 Å². The highest BCUT2D eigenvalue weighted by Crippen LogP contribution is 2.20. The molecule has 0 spiro atoms. The second-order valence-corrected chi connectivity index (χ2v) is 8.98. The second-order valence-electron chi connectivity index (χ2n) is 5.77. The summed E-state index contributed by atoms with van der Waals surface area (Å²) >= 11 is 1.49. The molecule has 1 aromatic rings. The molecule has 2 amide bonds. The zero-order valence-corrected chi connectivity index (χ0v) is 15.0. The first-order chi connectivity index (χ1) is 11.9. The minimum absolute atomic E-state index is 0.0504. The van der Waals surface area contributed by atoms with Crippen molar-refractivity contribution in [3.05, 3.63) is 41.0 Å². The number of amides is 2. The molecule has 1 saturated heterocycles. The summed E-state index contributed by atoms with van der Waals surface area (Å²) < 4.78 is 28.3. The quantitative estimate of drug-likeness (QED) is 0.810. The Balaban J connectivity index is 1.71. The van der Waals surface area contributed by atoms with Gasteiger partial charge in [0.05, 0.1) is 29.4 Å². The van der Waals surface area contributed by atoms with Crippen molar-refractivity contribution in [1.82, 2.24) is 5.32 Å². The molecule has 0 aromatic heterocycles. The Morgan fingerprint density at radius 1 is 1.20 bits per heavy atom. The SMILES string of the molecule is O=C(Nc1ccccc1C(=O)N[C@@H]1CCS(=O)(=O)C1)C1=CSCCO1. The molecule has 134 valence electrons. The Labute approximate surface area is 150 Å². The molecule has 9 heteroatoms. The van der Waals surface area contributed by atoms with Gasteiger partial charge in [-0.1, -0.05) is 12.1 Å². The van der Waals surface area contributed by atoms with Crippen molar-refractivity contribution < 1.29 is 22.7 Å². The molecule has 2 heterocycles. The molecular formula is C16H18N2O5S2. The number of para-hydroxylation sites is 1. The van der Waals surface area contributed by atoms with E-state index < -0.39 is 27.7 Å². The molecule has 1 atom stereocenters. The summed E-state index contributed by atoms with van der Waals surface area (Å²) in [5, 5.41) is 7.05. The number of benzene rings is 1. The molecule has 2 aliphatic heterocycles. The van der Waals surface area contributed by atoms with Crippen LogP contribution >= 0.6 is 11.8 Å². The van der Waals surface area contributed by atoms with Gasteiger partial charge in [-0.3, -0.25) is 9.59 Å². The van der Waals surface area contributed by atoms with Gasteiger partial charge >= 0.3 is 0 Å². The Morgan fingerprint density at radius 2 is 2.00 bits per heavy atom. The van der Waals surface area contributed by atoms with Crippen molar-refractivity contribution in [2.24, 2.45) is 0 Å². The van der Waals surface area contributed by atoms with Crippen LogP contribution < -0.4 is 10.6 Å². The predicted molar refractivity (Wildman–Crippen MR) is 96.1 cm³/mol. The van der Waals surface area contributed by atoms with Crippen molar-refractivity contribution in [1.29, 1.82) is 0 Å². The van der Waals surface area contributed by atoms with Crippen LogP contribution in [0.2, 0.25) is 0 Å². The van der Waals surface area contributed by atoms with Crippen LogP contribution in [0.1, 0.15) is 16.8 Å². The zero-order chi connectivity index (χ0) is 17.9. The molecule has 2 aliphatic rings. The molecule has 1 aromatic carbocycles. The fourth-order valence-electron chi connectivity index (χ4n) is 2.63. The lowest BCUT2D eigenvalue weighted by molar-refractivity contribution is -0.116. The normalized spacial score (nSPS) is 21.8. The third-order valence-electron chi connectivity index (χ3n) is 3.86. The fraction of sp³-hybridized carbons (Fsp3) is 0.375. The molecule has 0 aliphatic carbocycles. The minimum atomic E-state index is -3.08. The zero-order valence-electron chi connectivity index (χ0n) is 13.4. The van der Waals surface area contributed by atoms with Gasteiger partial charge in [0, 0.05) is 17.2 Å². The van der Waals surface area contributed by atoms with Gasteiger partial charge in [-0.05, 0) is 18.6 Å².